The predicted octanol–water partition coefficient (Wildman–Crippen LogP) is 3.54. The number of benzene rings is 1. The van der Waals surface area contributed by atoms with Crippen LogP contribution in [0.2, 0.25) is 5.02 Å². The number of nitrogens with one attached hydrogen (secondary N) is 2. The second-order valence-electron chi connectivity index (χ2n) is 8.70. The van der Waals surface area contributed by atoms with E-state index in [4.69, 9.17) is 21.5 Å². The maximum absolute atomic E-state index is 13.1. The lowest BCUT2D eigenvalue weighted by molar-refractivity contribution is -0.115. The van der Waals surface area contributed by atoms with E-state index in [2.05, 4.69) is 25.6 Å². The summed E-state index contributed by atoms with van der Waals surface area (Å²) in [6.45, 7) is -1.13. The van der Waals surface area contributed by atoms with E-state index in [1.165, 1.54) is 37.5 Å². The van der Waals surface area contributed by atoms with Gasteiger partial charge in [0.1, 0.15) is 17.0 Å². The first-order valence-corrected chi connectivity index (χ1v) is 15.6. The van der Waals surface area contributed by atoms with Gasteiger partial charge in [-0.25, -0.2) is 31.9 Å². The number of nitrogens with two attached hydrogens (primary N) is 1. The van der Waals surface area contributed by atoms with Crippen LogP contribution in [-0.2, 0) is 31.1 Å². The largest absolute Gasteiger partial charge is 0.405 e. The minimum Gasteiger partial charge on any atom is -0.381 e. The SMILES string of the molecule is COC/C=C\C(=C/CS(C)(=O)=O)c1ccc2nc(NCc3ccc(S(N)(=O)=O)c(Cl)c3)nc(NCC(F)(F)F)c2n1. The molecule has 0 aliphatic rings. The Morgan fingerprint density at radius 3 is 2.44 bits per heavy atom. The summed E-state index contributed by atoms with van der Waals surface area (Å²) >= 11 is 6.02. The number of alkyl halides is 3. The molecule has 0 aliphatic carbocycles. The predicted molar refractivity (Wildman–Crippen MR) is 151 cm³/mol. The van der Waals surface area contributed by atoms with Crippen LogP contribution >= 0.6 is 11.6 Å². The molecule has 3 rings (SSSR count). The smallest absolute Gasteiger partial charge is 0.381 e. The zero-order valence-corrected chi connectivity index (χ0v) is 24.1. The standard InChI is InChI=1S/C24H26ClF3N6O5S2/c1-39-10-3-4-16(9-11-40(2,35)36)18-6-7-19-21(32-18)22(31-14-24(26,27)28)34-23(33-19)30-13-15-5-8-20(17(25)12-15)41(29,37)38/h3-9,12H,10-11,13-14H2,1-2H3,(H2,29,37,38)(H2,30,31,33,34)/b4-3-,16-9+. The third-order valence-corrected chi connectivity index (χ3v) is 7.38. The van der Waals surface area contributed by atoms with Crippen molar-refractivity contribution < 1.29 is 34.7 Å². The number of rotatable bonds is 12. The van der Waals surface area contributed by atoms with Crippen molar-refractivity contribution in [3.05, 3.63) is 64.8 Å². The van der Waals surface area contributed by atoms with Crippen molar-refractivity contribution in [2.75, 3.05) is 42.9 Å². The maximum atomic E-state index is 13.1. The van der Waals surface area contributed by atoms with E-state index < -0.39 is 32.6 Å². The third kappa shape index (κ3) is 9.93. The van der Waals surface area contributed by atoms with Gasteiger partial charge in [-0.1, -0.05) is 35.9 Å². The zero-order valence-electron chi connectivity index (χ0n) is 21.7. The lowest BCUT2D eigenvalue weighted by Crippen LogP contribution is -2.22. The van der Waals surface area contributed by atoms with Crippen LogP contribution in [0, 0.1) is 0 Å². The Balaban J connectivity index is 2.01. The van der Waals surface area contributed by atoms with Crippen LogP contribution in [0.3, 0.4) is 0 Å². The number of allylic oxidation sites excluding steroid dienone is 2. The Labute approximate surface area is 239 Å². The Kier molecular flexibility index (Phi) is 10.3. The van der Waals surface area contributed by atoms with Gasteiger partial charge in [-0.05, 0) is 35.4 Å². The molecule has 3 aromatic rings. The molecule has 0 saturated carbocycles. The van der Waals surface area contributed by atoms with Gasteiger partial charge < -0.3 is 15.4 Å². The van der Waals surface area contributed by atoms with E-state index in [0.29, 0.717) is 11.1 Å². The molecule has 0 bridgehead atoms. The number of sulfone groups is 1. The van der Waals surface area contributed by atoms with Crippen molar-refractivity contribution in [3.8, 4) is 0 Å². The van der Waals surface area contributed by atoms with E-state index in [1.807, 2.05) is 0 Å². The van der Waals surface area contributed by atoms with Crippen molar-refractivity contribution >= 4 is 59.8 Å². The van der Waals surface area contributed by atoms with Crippen LogP contribution in [0.5, 0.6) is 0 Å². The van der Waals surface area contributed by atoms with Crippen LogP contribution in [0.25, 0.3) is 16.6 Å². The number of sulfonamides is 1. The molecule has 0 atom stereocenters. The van der Waals surface area contributed by atoms with Crippen molar-refractivity contribution in [2.24, 2.45) is 5.14 Å². The molecule has 222 valence electrons. The van der Waals surface area contributed by atoms with E-state index >= 15 is 0 Å². The third-order valence-electron chi connectivity index (χ3n) is 5.21. The van der Waals surface area contributed by atoms with Gasteiger partial charge in [-0.2, -0.15) is 18.2 Å². The van der Waals surface area contributed by atoms with E-state index in [9.17, 15) is 30.0 Å². The topological polar surface area (TPSA) is 166 Å². The van der Waals surface area contributed by atoms with Gasteiger partial charge in [-0.3, -0.25) is 0 Å². The van der Waals surface area contributed by atoms with Crippen LogP contribution in [0.4, 0.5) is 24.9 Å². The number of primary sulfonamides is 1. The van der Waals surface area contributed by atoms with Gasteiger partial charge in [-0.15, -0.1) is 0 Å². The number of aromatic nitrogens is 3. The average molecular weight is 635 g/mol. The van der Waals surface area contributed by atoms with E-state index in [1.54, 1.807) is 18.2 Å². The summed E-state index contributed by atoms with van der Waals surface area (Å²) in [6, 6.07) is 7.11. The molecule has 11 nitrogen and oxygen atoms in total. The van der Waals surface area contributed by atoms with Gasteiger partial charge in [0.05, 0.1) is 28.6 Å². The summed E-state index contributed by atoms with van der Waals surface area (Å²) in [5, 5.41) is 10.1. The van der Waals surface area contributed by atoms with Crippen molar-refractivity contribution in [1.29, 1.82) is 0 Å². The fraction of sp³-hybridized carbons (Fsp3) is 0.292. The van der Waals surface area contributed by atoms with Crippen LogP contribution < -0.4 is 15.8 Å². The summed E-state index contributed by atoms with van der Waals surface area (Å²) in [4.78, 5) is 12.7. The first-order chi connectivity index (χ1) is 19.1. The summed E-state index contributed by atoms with van der Waals surface area (Å²) < 4.78 is 90.8. The van der Waals surface area contributed by atoms with Crippen LogP contribution in [0.15, 0.2) is 53.5 Å². The van der Waals surface area contributed by atoms with Crippen molar-refractivity contribution in [3.63, 3.8) is 0 Å². The van der Waals surface area contributed by atoms with Crippen molar-refractivity contribution in [1.82, 2.24) is 15.0 Å². The molecule has 0 amide bonds. The molecule has 1 aromatic carbocycles. The lowest BCUT2D eigenvalue weighted by atomic mass is 10.1. The summed E-state index contributed by atoms with van der Waals surface area (Å²) in [5.74, 6) is -0.557. The fourth-order valence-corrected chi connectivity index (χ4v) is 4.99. The molecular weight excluding hydrogens is 609 g/mol. The molecule has 2 aromatic heterocycles. The molecule has 0 aliphatic heterocycles. The van der Waals surface area contributed by atoms with E-state index in [0.717, 1.165) is 6.26 Å². The highest BCUT2D eigenvalue weighted by Gasteiger charge is 2.27. The quantitative estimate of drug-likeness (QED) is 0.251. The molecule has 0 unspecified atom stereocenters. The number of pyridine rings is 1. The molecule has 2 heterocycles. The van der Waals surface area contributed by atoms with Gasteiger partial charge >= 0.3 is 6.18 Å². The van der Waals surface area contributed by atoms with Gasteiger partial charge in [0, 0.05) is 19.9 Å². The second-order valence-corrected chi connectivity index (χ2v) is 12.8. The number of methoxy groups -OCH3 is 1. The summed E-state index contributed by atoms with van der Waals surface area (Å²) in [6.07, 6.45) is 1.16. The Morgan fingerprint density at radius 2 is 1.83 bits per heavy atom. The number of fused-ring (bicyclic) bond motifs is 1. The fourth-order valence-electron chi connectivity index (χ4n) is 3.40. The zero-order chi connectivity index (χ0) is 30.4. The van der Waals surface area contributed by atoms with Gasteiger partial charge in [0.25, 0.3) is 0 Å². The molecule has 0 spiro atoms. The molecule has 0 saturated heterocycles. The number of anilines is 2. The normalized spacial score (nSPS) is 13.2. The maximum Gasteiger partial charge on any atom is 0.405 e. The highest BCUT2D eigenvalue weighted by atomic mass is 35.5. The highest BCUT2D eigenvalue weighted by Crippen LogP contribution is 2.26. The minimum atomic E-state index is -4.56. The number of ether oxygens (including phenoxy) is 1. The molecule has 0 fully saturated rings. The van der Waals surface area contributed by atoms with E-state index in [-0.39, 0.29) is 57.3 Å². The number of halogens is 4. The Morgan fingerprint density at radius 1 is 1.10 bits per heavy atom. The second kappa shape index (κ2) is 13.1. The summed E-state index contributed by atoms with van der Waals surface area (Å²) in [5.41, 5.74) is 1.41. The lowest BCUT2D eigenvalue weighted by Gasteiger charge is -2.14. The van der Waals surface area contributed by atoms with Crippen LogP contribution in [0.1, 0.15) is 11.3 Å². The number of hydrogen-bond donors (Lipinski definition) is 3. The first kappa shape index (κ1) is 32.2. The van der Waals surface area contributed by atoms with Gasteiger partial charge in [0.2, 0.25) is 16.0 Å². The minimum absolute atomic E-state index is 0.0169. The summed E-state index contributed by atoms with van der Waals surface area (Å²) in [7, 11) is -5.91. The average Bonchev–Trinajstić information content (AvgIpc) is 2.86. The first-order valence-electron chi connectivity index (χ1n) is 11.6. The molecule has 17 heteroatoms. The highest BCUT2D eigenvalue weighted by molar-refractivity contribution is 7.90. The Hall–Kier alpha value is -3.31. The molecule has 4 N–H and O–H groups in total. The Bertz CT molecular complexity index is 1700. The number of nitrogens with zero attached hydrogens (tertiary/aromatic N) is 3. The molecule has 0 radical (unpaired) electrons. The molecule has 41 heavy (non-hydrogen) atoms. The monoisotopic (exact) mass is 634 g/mol. The number of hydrogen-bond acceptors (Lipinski definition) is 10. The molecular formula is C24H26ClF3N6O5S2. The van der Waals surface area contributed by atoms with Crippen molar-refractivity contribution in [2.45, 2.75) is 17.6 Å². The van der Waals surface area contributed by atoms with Gasteiger partial charge in [0.15, 0.2) is 15.7 Å². The van der Waals surface area contributed by atoms with Crippen LogP contribution in [-0.4, -0.2) is 70.2 Å².